The molecule has 1 N–H and O–H groups in total. The van der Waals surface area contributed by atoms with Crippen molar-refractivity contribution in [3.8, 4) is 5.75 Å². The lowest BCUT2D eigenvalue weighted by molar-refractivity contribution is -0.164. The molecule has 0 aliphatic carbocycles. The summed E-state index contributed by atoms with van der Waals surface area (Å²) in [4.78, 5) is 24.9. The highest BCUT2D eigenvalue weighted by Gasteiger charge is 2.35. The van der Waals surface area contributed by atoms with Crippen molar-refractivity contribution in [2.45, 2.75) is 25.7 Å². The van der Waals surface area contributed by atoms with Crippen LogP contribution in [0.1, 0.15) is 12.5 Å². The van der Waals surface area contributed by atoms with Crippen molar-refractivity contribution in [2.75, 3.05) is 26.9 Å². The highest BCUT2D eigenvalue weighted by molar-refractivity contribution is 5.86. The van der Waals surface area contributed by atoms with Gasteiger partial charge in [-0.15, -0.1) is 0 Å². The van der Waals surface area contributed by atoms with Gasteiger partial charge in [0.1, 0.15) is 11.9 Å². The Morgan fingerprint density at radius 1 is 1.48 bits per heavy atom. The van der Waals surface area contributed by atoms with Crippen LogP contribution in [0.4, 0.5) is 0 Å². The minimum atomic E-state index is -1.07. The van der Waals surface area contributed by atoms with Crippen LogP contribution in [0.25, 0.3) is 0 Å². The molecule has 1 aliphatic heterocycles. The number of carbonyl (C=O) groups excluding carboxylic acids is 1. The quantitative estimate of drug-likeness (QED) is 0.838. The fraction of sp³-hybridized carbons (Fsp3) is 0.500. The van der Waals surface area contributed by atoms with Crippen molar-refractivity contribution in [2.24, 2.45) is 0 Å². The summed E-state index contributed by atoms with van der Waals surface area (Å²) in [5.41, 5.74) is 0.876. The Morgan fingerprint density at radius 3 is 2.96 bits per heavy atom. The number of hydrogen-bond donors (Lipinski definition) is 1. The zero-order chi connectivity index (χ0) is 16.8. The summed E-state index contributed by atoms with van der Waals surface area (Å²) in [6, 6.07) is 6.40. The fourth-order valence-electron chi connectivity index (χ4n) is 2.36. The molecule has 1 aromatic carbocycles. The summed E-state index contributed by atoms with van der Waals surface area (Å²) in [6.45, 7) is 2.45. The van der Waals surface area contributed by atoms with E-state index in [1.807, 2.05) is 24.3 Å². The van der Waals surface area contributed by atoms with Crippen LogP contribution in [0, 0.1) is 0 Å². The van der Waals surface area contributed by atoms with Gasteiger partial charge >= 0.3 is 5.97 Å². The summed E-state index contributed by atoms with van der Waals surface area (Å²) in [5, 5.41) is 9.18. The third-order valence-electron chi connectivity index (χ3n) is 3.68. The van der Waals surface area contributed by atoms with Gasteiger partial charge in [0, 0.05) is 6.54 Å². The Labute approximate surface area is 134 Å². The maximum atomic E-state index is 12.4. The number of morpholine rings is 1. The molecule has 0 aromatic heterocycles. The van der Waals surface area contributed by atoms with E-state index in [4.69, 9.17) is 14.2 Å². The molecule has 0 saturated carbocycles. The lowest BCUT2D eigenvalue weighted by Gasteiger charge is -2.34. The predicted molar refractivity (Wildman–Crippen MR) is 81.2 cm³/mol. The minimum absolute atomic E-state index is 0.00365. The molecule has 1 saturated heterocycles. The highest BCUT2D eigenvalue weighted by Crippen LogP contribution is 2.15. The molecule has 126 valence electrons. The molecule has 7 nitrogen and oxygen atoms in total. The number of amides is 1. The smallest absolute Gasteiger partial charge is 0.328 e. The lowest BCUT2D eigenvalue weighted by Crippen LogP contribution is -2.55. The summed E-state index contributed by atoms with van der Waals surface area (Å²) in [5.74, 6) is -0.703. The van der Waals surface area contributed by atoms with Crippen LogP contribution >= 0.6 is 0 Å². The van der Waals surface area contributed by atoms with Crippen LogP contribution in [-0.4, -0.2) is 60.9 Å². The second-order valence-electron chi connectivity index (χ2n) is 5.27. The van der Waals surface area contributed by atoms with Crippen LogP contribution in [0.3, 0.4) is 0 Å². The molecule has 23 heavy (non-hydrogen) atoms. The van der Waals surface area contributed by atoms with Gasteiger partial charge in [-0.1, -0.05) is 12.1 Å². The second-order valence-corrected chi connectivity index (χ2v) is 5.27. The Kier molecular flexibility index (Phi) is 5.95. The number of ether oxygens (including phenoxy) is 3. The van der Waals surface area contributed by atoms with E-state index in [9.17, 15) is 14.7 Å². The van der Waals surface area contributed by atoms with Crippen molar-refractivity contribution in [1.29, 1.82) is 0 Å². The molecule has 1 amide bonds. The van der Waals surface area contributed by atoms with Crippen LogP contribution < -0.4 is 4.74 Å². The molecular formula is C16H21NO6. The molecule has 0 bridgehead atoms. The largest absolute Gasteiger partial charge is 0.497 e. The molecule has 1 heterocycles. The van der Waals surface area contributed by atoms with Gasteiger partial charge in [-0.2, -0.15) is 0 Å². The number of rotatable bonds is 6. The molecule has 1 aromatic rings. The van der Waals surface area contributed by atoms with E-state index < -0.39 is 18.1 Å². The van der Waals surface area contributed by atoms with Gasteiger partial charge in [-0.25, -0.2) is 4.79 Å². The van der Waals surface area contributed by atoms with Gasteiger partial charge in [0.2, 0.25) is 0 Å². The third kappa shape index (κ3) is 4.43. The van der Waals surface area contributed by atoms with Crippen molar-refractivity contribution in [1.82, 2.24) is 4.90 Å². The van der Waals surface area contributed by atoms with Gasteiger partial charge in [0.15, 0.2) is 6.04 Å². The predicted octanol–water partition coefficient (Wildman–Crippen LogP) is 0.912. The van der Waals surface area contributed by atoms with Gasteiger partial charge in [0.25, 0.3) is 5.91 Å². The average molecular weight is 323 g/mol. The van der Waals surface area contributed by atoms with E-state index in [-0.39, 0.29) is 25.7 Å². The van der Waals surface area contributed by atoms with Crippen molar-refractivity contribution < 1.29 is 28.9 Å². The summed E-state index contributed by atoms with van der Waals surface area (Å²) >= 11 is 0. The number of hydrogen-bond acceptors (Lipinski definition) is 5. The summed E-state index contributed by atoms with van der Waals surface area (Å²) < 4.78 is 15.9. The van der Waals surface area contributed by atoms with E-state index in [0.717, 1.165) is 5.56 Å². The van der Waals surface area contributed by atoms with E-state index in [0.29, 0.717) is 12.4 Å². The highest BCUT2D eigenvalue weighted by atomic mass is 16.5. The number of aliphatic carboxylic acids is 1. The molecule has 0 unspecified atom stereocenters. The first-order valence-corrected chi connectivity index (χ1v) is 7.38. The molecule has 2 rings (SSSR count). The van der Waals surface area contributed by atoms with E-state index in [1.54, 1.807) is 14.0 Å². The van der Waals surface area contributed by atoms with Crippen LogP contribution in [-0.2, 0) is 25.7 Å². The van der Waals surface area contributed by atoms with Gasteiger partial charge < -0.3 is 24.2 Å². The Hall–Kier alpha value is -2.12. The van der Waals surface area contributed by atoms with Gasteiger partial charge in [0.05, 0.1) is 26.9 Å². The van der Waals surface area contributed by atoms with E-state index in [2.05, 4.69) is 0 Å². The topological polar surface area (TPSA) is 85.3 Å². The van der Waals surface area contributed by atoms with Crippen LogP contribution in [0.15, 0.2) is 24.3 Å². The Morgan fingerprint density at radius 2 is 2.26 bits per heavy atom. The first kappa shape index (κ1) is 17.2. The molecule has 1 aliphatic rings. The van der Waals surface area contributed by atoms with Crippen molar-refractivity contribution in [3.63, 3.8) is 0 Å². The maximum Gasteiger partial charge on any atom is 0.328 e. The van der Waals surface area contributed by atoms with E-state index >= 15 is 0 Å². The number of carboxylic acid groups (broad SMARTS) is 1. The standard InChI is InChI=1S/C16H21NO6/c1-11(23-9-12-4-3-5-13(8-12)21-2)15(18)17-6-7-22-10-14(17)16(19)20/h3-5,8,11,14H,6-7,9-10H2,1-2H3,(H,19,20)/t11-,14+/m0/s1. The normalized spacial score (nSPS) is 19.2. The average Bonchev–Trinajstić information content (AvgIpc) is 2.59. The van der Waals surface area contributed by atoms with Crippen LogP contribution in [0.5, 0.6) is 5.75 Å². The van der Waals surface area contributed by atoms with E-state index in [1.165, 1.54) is 4.90 Å². The summed E-state index contributed by atoms with van der Waals surface area (Å²) in [7, 11) is 1.58. The zero-order valence-electron chi connectivity index (χ0n) is 13.2. The van der Waals surface area contributed by atoms with Gasteiger partial charge in [-0.3, -0.25) is 4.79 Å². The molecule has 1 fully saturated rings. The SMILES string of the molecule is COc1cccc(CO[C@@H](C)C(=O)N2CCOC[C@@H]2C(=O)O)c1. The fourth-order valence-corrected chi connectivity index (χ4v) is 2.36. The molecule has 0 spiro atoms. The number of nitrogens with zero attached hydrogens (tertiary/aromatic N) is 1. The first-order valence-electron chi connectivity index (χ1n) is 7.38. The maximum absolute atomic E-state index is 12.4. The minimum Gasteiger partial charge on any atom is -0.497 e. The monoisotopic (exact) mass is 323 g/mol. The first-order chi connectivity index (χ1) is 11.0. The molecular weight excluding hydrogens is 302 g/mol. The molecule has 0 radical (unpaired) electrons. The summed E-state index contributed by atoms with van der Waals surface area (Å²) in [6.07, 6.45) is -0.735. The molecule has 7 heteroatoms. The Bertz CT molecular complexity index is 561. The third-order valence-corrected chi connectivity index (χ3v) is 3.68. The Balaban J connectivity index is 1.94. The van der Waals surface area contributed by atoms with Crippen molar-refractivity contribution >= 4 is 11.9 Å². The van der Waals surface area contributed by atoms with Gasteiger partial charge in [-0.05, 0) is 24.6 Å². The number of carbonyl (C=O) groups is 2. The number of carboxylic acids is 1. The van der Waals surface area contributed by atoms with Crippen LogP contribution in [0.2, 0.25) is 0 Å². The lowest BCUT2D eigenvalue weighted by atomic mass is 10.2. The zero-order valence-corrected chi connectivity index (χ0v) is 13.2. The molecule has 2 atom stereocenters. The number of benzene rings is 1. The van der Waals surface area contributed by atoms with Crippen molar-refractivity contribution in [3.05, 3.63) is 29.8 Å². The second kappa shape index (κ2) is 7.94. The number of methoxy groups -OCH3 is 1.